The second-order valence-electron chi connectivity index (χ2n) is 3.90. The number of rotatable bonds is 4. The number of halogens is 2. The van der Waals surface area contributed by atoms with Crippen molar-refractivity contribution >= 4 is 28.9 Å². The van der Waals surface area contributed by atoms with Crippen LogP contribution < -0.4 is 10.6 Å². The van der Waals surface area contributed by atoms with Gasteiger partial charge in [0.05, 0.1) is 24.1 Å². The molecule has 1 aromatic carbocycles. The lowest BCUT2D eigenvalue weighted by atomic mass is 10.1. The third kappa shape index (κ3) is 2.68. The van der Waals surface area contributed by atoms with Crippen molar-refractivity contribution in [1.29, 1.82) is 0 Å². The summed E-state index contributed by atoms with van der Waals surface area (Å²) in [5.41, 5.74) is 1.50. The Morgan fingerprint density at radius 3 is 3.06 bits per heavy atom. The molecule has 0 bridgehead atoms. The summed E-state index contributed by atoms with van der Waals surface area (Å²) in [4.78, 5) is 11.1. The highest BCUT2D eigenvalue weighted by Crippen LogP contribution is 2.28. The number of aliphatic hydroxyl groups is 1. The van der Waals surface area contributed by atoms with Crippen LogP contribution in [0.25, 0.3) is 0 Å². The molecule has 0 aromatic heterocycles. The summed E-state index contributed by atoms with van der Waals surface area (Å²) in [6.45, 7) is 0.160. The summed E-state index contributed by atoms with van der Waals surface area (Å²) in [5.74, 6) is -0.504. The van der Waals surface area contributed by atoms with Gasteiger partial charge in [0.25, 0.3) is 0 Å². The Balaban J connectivity index is 2.14. The van der Waals surface area contributed by atoms with E-state index in [4.69, 9.17) is 11.6 Å². The lowest BCUT2D eigenvalue weighted by molar-refractivity contribution is -0.115. The number of aliphatic hydroxyl groups excluding tert-OH is 1. The highest BCUT2D eigenvalue weighted by Gasteiger charge is 2.20. The molecule has 0 spiro atoms. The molecule has 6 heteroatoms. The number of alkyl halides is 1. The molecule has 1 atom stereocenters. The standard InChI is InChI=1S/C11H12ClFN2O2/c12-4-7(16)5-14-10-3-9-6(1-8(10)13)2-11(17)15-9/h1,3,7,14,16H,2,4-5H2,(H,15,17). The molecule has 0 aliphatic carbocycles. The Bertz CT molecular complexity index is 453. The minimum atomic E-state index is -0.737. The number of amides is 1. The first-order valence-electron chi connectivity index (χ1n) is 5.20. The van der Waals surface area contributed by atoms with Gasteiger partial charge in [0, 0.05) is 12.2 Å². The van der Waals surface area contributed by atoms with Gasteiger partial charge in [-0.1, -0.05) is 0 Å². The molecule has 2 rings (SSSR count). The lowest BCUT2D eigenvalue weighted by Gasteiger charge is -2.12. The maximum Gasteiger partial charge on any atom is 0.228 e. The van der Waals surface area contributed by atoms with E-state index in [2.05, 4.69) is 10.6 Å². The van der Waals surface area contributed by atoms with E-state index in [9.17, 15) is 14.3 Å². The summed E-state index contributed by atoms with van der Waals surface area (Å²) in [6.07, 6.45) is -0.532. The van der Waals surface area contributed by atoms with Crippen molar-refractivity contribution in [1.82, 2.24) is 0 Å². The van der Waals surface area contributed by atoms with Crippen LogP contribution in [0.15, 0.2) is 12.1 Å². The fraction of sp³-hybridized carbons (Fsp3) is 0.364. The lowest BCUT2D eigenvalue weighted by Crippen LogP contribution is -2.21. The molecule has 1 aromatic rings. The summed E-state index contributed by atoms with van der Waals surface area (Å²) in [7, 11) is 0. The molecule has 1 unspecified atom stereocenters. The van der Waals surface area contributed by atoms with E-state index >= 15 is 0 Å². The molecule has 1 heterocycles. The molecule has 1 aliphatic heterocycles. The second-order valence-corrected chi connectivity index (χ2v) is 4.21. The van der Waals surface area contributed by atoms with Crippen LogP contribution in [0.3, 0.4) is 0 Å². The van der Waals surface area contributed by atoms with Crippen LogP contribution in [-0.2, 0) is 11.2 Å². The van der Waals surface area contributed by atoms with Crippen LogP contribution >= 0.6 is 11.6 Å². The maximum atomic E-state index is 13.6. The molecular formula is C11H12ClFN2O2. The summed E-state index contributed by atoms with van der Waals surface area (Å²) >= 11 is 5.43. The molecule has 1 aliphatic rings. The third-order valence-electron chi connectivity index (χ3n) is 2.52. The summed E-state index contributed by atoms with van der Waals surface area (Å²) in [5, 5.41) is 14.6. The van der Waals surface area contributed by atoms with Crippen molar-refractivity contribution in [3.05, 3.63) is 23.5 Å². The van der Waals surface area contributed by atoms with E-state index in [1.54, 1.807) is 0 Å². The number of hydrogen-bond donors (Lipinski definition) is 3. The van der Waals surface area contributed by atoms with E-state index in [-0.39, 0.29) is 30.4 Å². The van der Waals surface area contributed by atoms with Gasteiger partial charge in [-0.3, -0.25) is 4.79 Å². The fourth-order valence-corrected chi connectivity index (χ4v) is 1.77. The molecule has 17 heavy (non-hydrogen) atoms. The van der Waals surface area contributed by atoms with Crippen LogP contribution in [0, 0.1) is 5.82 Å². The van der Waals surface area contributed by atoms with Gasteiger partial charge in [0.15, 0.2) is 0 Å². The number of hydrogen-bond acceptors (Lipinski definition) is 3. The van der Waals surface area contributed by atoms with E-state index in [1.807, 2.05) is 0 Å². The first-order chi connectivity index (χ1) is 8.10. The molecule has 0 radical (unpaired) electrons. The van der Waals surface area contributed by atoms with Crippen LogP contribution in [0.1, 0.15) is 5.56 Å². The molecule has 0 fully saturated rings. The van der Waals surface area contributed by atoms with Crippen LogP contribution in [0.4, 0.5) is 15.8 Å². The quantitative estimate of drug-likeness (QED) is 0.714. The van der Waals surface area contributed by atoms with Gasteiger partial charge >= 0.3 is 0 Å². The number of benzene rings is 1. The molecule has 0 saturated carbocycles. The van der Waals surface area contributed by atoms with Crippen molar-refractivity contribution in [2.75, 3.05) is 23.1 Å². The maximum absolute atomic E-state index is 13.6. The van der Waals surface area contributed by atoms with Crippen molar-refractivity contribution in [3.63, 3.8) is 0 Å². The van der Waals surface area contributed by atoms with Gasteiger partial charge < -0.3 is 15.7 Å². The SMILES string of the molecule is O=C1Cc2cc(F)c(NCC(O)CCl)cc2N1. The van der Waals surface area contributed by atoms with Crippen LogP contribution in [0.2, 0.25) is 0 Å². The minimum Gasteiger partial charge on any atom is -0.390 e. The second kappa shape index (κ2) is 4.89. The first-order valence-corrected chi connectivity index (χ1v) is 5.73. The number of carbonyl (C=O) groups excluding carboxylic acids is 1. The zero-order valence-corrected chi connectivity index (χ0v) is 9.72. The zero-order chi connectivity index (χ0) is 12.4. The predicted molar refractivity (Wildman–Crippen MR) is 64.0 cm³/mol. The average Bonchev–Trinajstić information content (AvgIpc) is 2.64. The molecule has 0 saturated heterocycles. The number of anilines is 2. The first kappa shape index (κ1) is 12.1. The fourth-order valence-electron chi connectivity index (χ4n) is 1.66. The topological polar surface area (TPSA) is 61.4 Å². The van der Waals surface area contributed by atoms with Gasteiger partial charge in [0.1, 0.15) is 5.82 Å². The van der Waals surface area contributed by atoms with Gasteiger partial charge in [0.2, 0.25) is 5.91 Å². The third-order valence-corrected chi connectivity index (χ3v) is 2.88. The summed E-state index contributed by atoms with van der Waals surface area (Å²) < 4.78 is 13.6. The Morgan fingerprint density at radius 1 is 1.59 bits per heavy atom. The average molecular weight is 259 g/mol. The van der Waals surface area contributed by atoms with E-state index in [0.717, 1.165) is 0 Å². The van der Waals surface area contributed by atoms with Gasteiger partial charge in [-0.05, 0) is 17.7 Å². The van der Waals surface area contributed by atoms with E-state index in [0.29, 0.717) is 11.3 Å². The molecule has 1 amide bonds. The number of carbonyl (C=O) groups is 1. The molecule has 4 nitrogen and oxygen atoms in total. The van der Waals surface area contributed by atoms with Crippen molar-refractivity contribution in [2.24, 2.45) is 0 Å². The van der Waals surface area contributed by atoms with Crippen molar-refractivity contribution in [2.45, 2.75) is 12.5 Å². The van der Waals surface area contributed by atoms with E-state index < -0.39 is 11.9 Å². The summed E-state index contributed by atoms with van der Waals surface area (Å²) in [6, 6.07) is 2.85. The van der Waals surface area contributed by atoms with Crippen LogP contribution in [-0.4, -0.2) is 29.5 Å². The highest BCUT2D eigenvalue weighted by atomic mass is 35.5. The predicted octanol–water partition coefficient (Wildman–Crippen LogP) is 1.33. The highest BCUT2D eigenvalue weighted by molar-refractivity contribution is 6.18. The van der Waals surface area contributed by atoms with Gasteiger partial charge in [-0.15, -0.1) is 11.6 Å². The smallest absolute Gasteiger partial charge is 0.228 e. The number of nitrogens with one attached hydrogen (secondary N) is 2. The molecular weight excluding hydrogens is 247 g/mol. The Hall–Kier alpha value is -1.33. The van der Waals surface area contributed by atoms with E-state index in [1.165, 1.54) is 12.1 Å². The largest absolute Gasteiger partial charge is 0.390 e. The monoisotopic (exact) mass is 258 g/mol. The van der Waals surface area contributed by atoms with Crippen LogP contribution in [0.5, 0.6) is 0 Å². The van der Waals surface area contributed by atoms with Gasteiger partial charge in [-0.2, -0.15) is 0 Å². The Morgan fingerprint density at radius 2 is 2.35 bits per heavy atom. The van der Waals surface area contributed by atoms with Crippen molar-refractivity contribution < 1.29 is 14.3 Å². The molecule has 92 valence electrons. The Kier molecular flexibility index (Phi) is 3.49. The van der Waals surface area contributed by atoms with Crippen molar-refractivity contribution in [3.8, 4) is 0 Å². The Labute approximate surface area is 103 Å². The minimum absolute atomic E-state index is 0.0797. The zero-order valence-electron chi connectivity index (χ0n) is 8.96. The molecule has 3 N–H and O–H groups in total. The normalized spacial score (nSPS) is 15.4. The number of fused-ring (bicyclic) bond motifs is 1. The van der Waals surface area contributed by atoms with Gasteiger partial charge in [-0.25, -0.2) is 4.39 Å².